The van der Waals surface area contributed by atoms with Crippen LogP contribution in [0.3, 0.4) is 0 Å². The molecule has 2 aliphatic heterocycles. The van der Waals surface area contributed by atoms with Gasteiger partial charge in [-0.25, -0.2) is 13.2 Å². The minimum atomic E-state index is -4.08. The SMILES string of the molecule is CC(C)CN(C[C@@H](O)[C@H](Cc1ccccc1)NC(=O)OC1CO[C@H]2OCC[C@@H]12)S(=O)(=O)c1ccc2[nH]nc(NCCO)c2c1. The highest BCUT2D eigenvalue weighted by Crippen LogP contribution is 2.33. The van der Waals surface area contributed by atoms with Crippen molar-refractivity contribution in [1.29, 1.82) is 0 Å². The minimum absolute atomic E-state index is 0.0350. The quantitative estimate of drug-likeness (QED) is 0.177. The van der Waals surface area contributed by atoms with Crippen molar-refractivity contribution >= 4 is 32.8 Å². The first kappa shape index (κ1) is 32.1. The third-order valence-corrected chi connectivity index (χ3v) is 9.67. The molecular weight excluding hydrogens is 590 g/mol. The van der Waals surface area contributed by atoms with Crippen LogP contribution in [0, 0.1) is 11.8 Å². The number of amides is 1. The molecule has 44 heavy (non-hydrogen) atoms. The molecule has 0 saturated carbocycles. The van der Waals surface area contributed by atoms with E-state index in [1.165, 1.54) is 16.4 Å². The maximum absolute atomic E-state index is 14.0. The monoisotopic (exact) mass is 631 g/mol. The van der Waals surface area contributed by atoms with E-state index in [1.54, 1.807) is 6.07 Å². The first-order valence-corrected chi connectivity index (χ1v) is 16.3. The number of nitrogens with one attached hydrogen (secondary N) is 3. The van der Waals surface area contributed by atoms with Crippen molar-refractivity contribution in [3.8, 4) is 0 Å². The smallest absolute Gasteiger partial charge is 0.407 e. The molecular formula is C30H41N5O8S. The Hall–Kier alpha value is -3.27. The third-order valence-electron chi connectivity index (χ3n) is 7.85. The number of alkyl carbamates (subject to hydrolysis) is 1. The Labute approximate surface area is 256 Å². The van der Waals surface area contributed by atoms with Gasteiger partial charge in [-0.3, -0.25) is 5.10 Å². The molecule has 2 saturated heterocycles. The largest absolute Gasteiger partial charge is 0.443 e. The summed E-state index contributed by atoms with van der Waals surface area (Å²) in [6, 6.07) is 13.1. The first-order chi connectivity index (χ1) is 21.2. The minimum Gasteiger partial charge on any atom is -0.443 e. The van der Waals surface area contributed by atoms with Gasteiger partial charge >= 0.3 is 6.09 Å². The zero-order valence-electron chi connectivity index (χ0n) is 24.9. The number of aliphatic hydroxyl groups is 2. The van der Waals surface area contributed by atoms with E-state index < -0.39 is 34.4 Å². The number of rotatable bonds is 14. The van der Waals surface area contributed by atoms with Gasteiger partial charge in [0.05, 0.1) is 48.3 Å². The Morgan fingerprint density at radius 2 is 1.98 bits per heavy atom. The lowest BCUT2D eigenvalue weighted by atomic mass is 10.0. The van der Waals surface area contributed by atoms with Crippen molar-refractivity contribution < 1.29 is 37.6 Å². The van der Waals surface area contributed by atoms with E-state index >= 15 is 0 Å². The van der Waals surface area contributed by atoms with Crippen LogP contribution in [0.4, 0.5) is 10.6 Å². The Bertz CT molecular complexity index is 1500. The number of hydrogen-bond acceptors (Lipinski definition) is 10. The number of nitrogens with zero attached hydrogens (tertiary/aromatic N) is 2. The highest BCUT2D eigenvalue weighted by atomic mass is 32.2. The summed E-state index contributed by atoms with van der Waals surface area (Å²) in [6.07, 6.45) is -1.84. The van der Waals surface area contributed by atoms with Crippen molar-refractivity contribution in [2.45, 2.75) is 56.1 Å². The molecule has 2 aliphatic rings. The van der Waals surface area contributed by atoms with E-state index in [1.807, 2.05) is 44.2 Å². The van der Waals surface area contributed by atoms with Gasteiger partial charge in [0.2, 0.25) is 10.0 Å². The molecule has 2 fully saturated rings. The number of carbonyl (C=O) groups excluding carboxylic acids is 1. The number of aliphatic hydroxyl groups excluding tert-OH is 2. The molecule has 2 aromatic carbocycles. The lowest BCUT2D eigenvalue weighted by Crippen LogP contribution is -2.51. The molecule has 3 heterocycles. The fourth-order valence-electron chi connectivity index (χ4n) is 5.65. The van der Waals surface area contributed by atoms with Gasteiger partial charge in [-0.1, -0.05) is 44.2 Å². The van der Waals surface area contributed by atoms with Gasteiger partial charge in [0.15, 0.2) is 12.1 Å². The van der Waals surface area contributed by atoms with E-state index in [2.05, 4.69) is 20.8 Å². The Morgan fingerprint density at radius 3 is 2.73 bits per heavy atom. The van der Waals surface area contributed by atoms with E-state index in [0.717, 1.165) is 12.0 Å². The predicted molar refractivity (Wildman–Crippen MR) is 162 cm³/mol. The summed E-state index contributed by atoms with van der Waals surface area (Å²) >= 11 is 0. The standard InChI is InChI=1S/C30H41N5O8S/c1-19(2)16-35(44(39,40)21-8-9-24-23(15-21)28(34-33-24)31-11-12-36)17-26(37)25(14-20-6-4-3-5-7-20)32-30(38)43-27-18-42-29-22(27)10-13-41-29/h3-9,15,19,22,25-27,29,36-37H,10-14,16-18H2,1-2H3,(H,32,38)(H2,31,33,34)/t22-,25-,26+,27?,29+/m0/s1. The van der Waals surface area contributed by atoms with Crippen LogP contribution in [0.5, 0.6) is 0 Å². The molecule has 0 radical (unpaired) electrons. The predicted octanol–water partition coefficient (Wildman–Crippen LogP) is 2.07. The summed E-state index contributed by atoms with van der Waals surface area (Å²) in [5.74, 6) is 0.332. The van der Waals surface area contributed by atoms with Crippen LogP contribution in [0.1, 0.15) is 25.8 Å². The van der Waals surface area contributed by atoms with Gasteiger partial charge < -0.3 is 35.1 Å². The number of ether oxygens (including phenoxy) is 3. The molecule has 1 amide bonds. The molecule has 3 aromatic rings. The Kier molecular flexibility index (Phi) is 10.4. The fraction of sp³-hybridized carbons (Fsp3) is 0.533. The molecule has 0 aliphatic carbocycles. The van der Waals surface area contributed by atoms with E-state index in [-0.39, 0.29) is 62.3 Å². The molecule has 0 bridgehead atoms. The van der Waals surface area contributed by atoms with Gasteiger partial charge in [0, 0.05) is 25.0 Å². The second-order valence-electron chi connectivity index (χ2n) is 11.6. The number of sulfonamides is 1. The van der Waals surface area contributed by atoms with Gasteiger partial charge in [0.1, 0.15) is 6.10 Å². The molecule has 0 spiro atoms. The van der Waals surface area contributed by atoms with E-state index in [4.69, 9.17) is 14.2 Å². The number of H-pyrrole nitrogens is 1. The van der Waals surface area contributed by atoms with Crippen LogP contribution in [0.25, 0.3) is 10.9 Å². The van der Waals surface area contributed by atoms with Gasteiger partial charge in [-0.2, -0.15) is 9.40 Å². The summed E-state index contributed by atoms with van der Waals surface area (Å²) in [6.45, 7) is 4.59. The van der Waals surface area contributed by atoms with E-state index in [9.17, 15) is 23.4 Å². The maximum Gasteiger partial charge on any atom is 0.407 e. The van der Waals surface area contributed by atoms with Crippen molar-refractivity contribution in [2.75, 3.05) is 44.8 Å². The molecule has 14 heteroatoms. The van der Waals surface area contributed by atoms with Crippen LogP contribution in [-0.4, -0.2) is 103 Å². The van der Waals surface area contributed by atoms with Crippen molar-refractivity contribution in [3.05, 3.63) is 54.1 Å². The molecule has 5 atom stereocenters. The van der Waals surface area contributed by atoms with Crippen LogP contribution in [-0.2, 0) is 30.7 Å². The van der Waals surface area contributed by atoms with Gasteiger partial charge in [-0.05, 0) is 42.5 Å². The van der Waals surface area contributed by atoms with E-state index in [0.29, 0.717) is 23.3 Å². The summed E-state index contributed by atoms with van der Waals surface area (Å²) < 4.78 is 46.1. The third kappa shape index (κ3) is 7.50. The van der Waals surface area contributed by atoms with Crippen molar-refractivity contribution in [1.82, 2.24) is 19.8 Å². The summed E-state index contributed by atoms with van der Waals surface area (Å²) in [5.41, 5.74) is 1.49. The molecule has 5 rings (SSSR count). The summed E-state index contributed by atoms with van der Waals surface area (Å²) in [7, 11) is -4.08. The number of aromatic nitrogens is 2. The van der Waals surface area contributed by atoms with Gasteiger partial charge in [-0.15, -0.1) is 0 Å². The molecule has 1 unspecified atom stereocenters. The zero-order chi connectivity index (χ0) is 31.3. The van der Waals surface area contributed by atoms with Gasteiger partial charge in [0.25, 0.3) is 0 Å². The summed E-state index contributed by atoms with van der Waals surface area (Å²) in [5, 5.41) is 34.1. The topological polar surface area (TPSA) is 175 Å². The number of carbonyl (C=O) groups is 1. The number of anilines is 1. The van der Waals surface area contributed by atoms with Crippen molar-refractivity contribution in [2.24, 2.45) is 11.8 Å². The lowest BCUT2D eigenvalue weighted by molar-refractivity contribution is -0.0907. The number of fused-ring (bicyclic) bond motifs is 2. The van der Waals surface area contributed by atoms with Crippen LogP contribution < -0.4 is 10.6 Å². The van der Waals surface area contributed by atoms with Crippen molar-refractivity contribution in [3.63, 3.8) is 0 Å². The number of hydrogen-bond donors (Lipinski definition) is 5. The average Bonchev–Trinajstić information content (AvgIpc) is 3.73. The van der Waals surface area contributed by atoms with Crippen LogP contribution in [0.15, 0.2) is 53.4 Å². The lowest BCUT2D eigenvalue weighted by Gasteiger charge is -2.31. The van der Waals surface area contributed by atoms with Crippen LogP contribution >= 0.6 is 0 Å². The number of benzene rings is 2. The second-order valence-corrected chi connectivity index (χ2v) is 13.6. The maximum atomic E-state index is 14.0. The summed E-state index contributed by atoms with van der Waals surface area (Å²) in [4.78, 5) is 13.1. The molecule has 13 nitrogen and oxygen atoms in total. The Morgan fingerprint density at radius 1 is 1.18 bits per heavy atom. The average molecular weight is 632 g/mol. The Balaban J connectivity index is 1.36. The highest BCUT2D eigenvalue weighted by Gasteiger charge is 2.44. The normalized spacial score (nSPS) is 21.5. The molecule has 1 aromatic heterocycles. The zero-order valence-corrected chi connectivity index (χ0v) is 25.7. The molecule has 5 N–H and O–H groups in total. The fourth-order valence-corrected chi connectivity index (χ4v) is 7.30. The first-order valence-electron chi connectivity index (χ1n) is 14.9. The molecule has 240 valence electrons. The second kappa shape index (κ2) is 14.2. The number of aromatic amines is 1. The van der Waals surface area contributed by atoms with Crippen LogP contribution in [0.2, 0.25) is 0 Å². The highest BCUT2D eigenvalue weighted by molar-refractivity contribution is 7.89.